The molecular formula is C37H44O19. The number of ketones is 3. The van der Waals surface area contributed by atoms with Crippen LogP contribution in [0, 0.1) is 11.8 Å². The number of carbonyl (C=O) groups is 8. The topological polar surface area (TPSA) is 260 Å². The zero-order valence-electron chi connectivity index (χ0n) is 31.7. The Balaban J connectivity index is 1.71. The second kappa shape index (κ2) is 18.6. The van der Waals surface area contributed by atoms with Crippen LogP contribution >= 0.6 is 0 Å². The third-order valence-corrected chi connectivity index (χ3v) is 9.12. The predicted molar refractivity (Wildman–Crippen MR) is 182 cm³/mol. The maximum Gasteiger partial charge on any atom is 0.303 e. The van der Waals surface area contributed by atoms with Gasteiger partial charge in [-0.15, -0.1) is 0 Å². The lowest BCUT2D eigenvalue weighted by Gasteiger charge is -2.47. The van der Waals surface area contributed by atoms with Crippen molar-refractivity contribution in [1.82, 2.24) is 0 Å². The maximum absolute atomic E-state index is 13.6. The van der Waals surface area contributed by atoms with Gasteiger partial charge in [0, 0.05) is 59.0 Å². The molecule has 2 heterocycles. The van der Waals surface area contributed by atoms with Gasteiger partial charge in [0.1, 0.15) is 61.0 Å². The fourth-order valence-electron chi connectivity index (χ4n) is 6.86. The summed E-state index contributed by atoms with van der Waals surface area (Å²) in [6.45, 7) is 7.34. The number of hydrogen-bond donors (Lipinski definition) is 2. The number of allylic oxidation sites excluding steroid dienone is 1. The van der Waals surface area contributed by atoms with E-state index < -0.39 is 150 Å². The predicted octanol–water partition coefficient (Wildman–Crippen LogP) is 1.76. The molecule has 2 N–H and O–H groups in total. The molecule has 10 atom stereocenters. The van der Waals surface area contributed by atoms with Crippen molar-refractivity contribution < 1.29 is 91.5 Å². The molecular weight excluding hydrogens is 748 g/mol. The van der Waals surface area contributed by atoms with Crippen LogP contribution in [0.1, 0.15) is 82.0 Å². The molecule has 0 bridgehead atoms. The number of phenolic OH excluding ortho intramolecular Hbond substituents is 2. The van der Waals surface area contributed by atoms with Crippen molar-refractivity contribution in [3.8, 4) is 11.5 Å². The first-order chi connectivity index (χ1) is 26.3. The summed E-state index contributed by atoms with van der Waals surface area (Å²) in [5.74, 6) is -9.04. The molecule has 1 aromatic carbocycles. The van der Waals surface area contributed by atoms with Crippen LogP contribution in [0.5, 0.6) is 11.5 Å². The molecule has 1 aliphatic carbocycles. The van der Waals surface area contributed by atoms with Crippen molar-refractivity contribution >= 4 is 47.2 Å². The molecule has 19 nitrogen and oxygen atoms in total. The molecule has 2 aliphatic heterocycles. The molecule has 2 fully saturated rings. The Morgan fingerprint density at radius 3 is 1.70 bits per heavy atom. The average molecular weight is 793 g/mol. The van der Waals surface area contributed by atoms with E-state index in [0.717, 1.165) is 52.8 Å². The van der Waals surface area contributed by atoms with Gasteiger partial charge in [-0.25, -0.2) is 9.78 Å². The highest BCUT2D eigenvalue weighted by atomic mass is 17.2. The van der Waals surface area contributed by atoms with Gasteiger partial charge in [0.05, 0.1) is 23.1 Å². The van der Waals surface area contributed by atoms with E-state index >= 15 is 0 Å². The van der Waals surface area contributed by atoms with Gasteiger partial charge >= 0.3 is 29.8 Å². The highest BCUT2D eigenvalue weighted by molar-refractivity contribution is 6.26. The monoisotopic (exact) mass is 792 g/mol. The van der Waals surface area contributed by atoms with Gasteiger partial charge < -0.3 is 48.2 Å². The van der Waals surface area contributed by atoms with E-state index in [2.05, 4.69) is 0 Å². The van der Waals surface area contributed by atoms with Crippen molar-refractivity contribution in [2.24, 2.45) is 11.8 Å². The first kappa shape index (κ1) is 43.5. The molecule has 1 aromatic rings. The third-order valence-electron chi connectivity index (χ3n) is 9.12. The number of aromatic hydroxyl groups is 2. The quantitative estimate of drug-likeness (QED) is 0.0894. The minimum absolute atomic E-state index is 0.198. The van der Waals surface area contributed by atoms with Crippen LogP contribution in [-0.4, -0.2) is 120 Å². The number of hydrogen-bond acceptors (Lipinski definition) is 19. The van der Waals surface area contributed by atoms with Crippen LogP contribution in [-0.2, 0) is 71.7 Å². The third kappa shape index (κ3) is 10.5. The normalized spacial score (nSPS) is 28.6. The van der Waals surface area contributed by atoms with E-state index in [1.165, 1.54) is 13.8 Å². The number of Topliss-reactive ketones (excluding diaryl/α,β-unsaturated/α-hetero) is 2. The molecule has 3 aliphatic rings. The number of ether oxygens (including phenoxy) is 7. The fraction of sp³-hybridized carbons (Fsp3) is 0.568. The first-order valence-electron chi connectivity index (χ1n) is 17.5. The number of fused-ring (bicyclic) bond motifs is 1. The van der Waals surface area contributed by atoms with Gasteiger partial charge in [0.15, 0.2) is 24.0 Å². The van der Waals surface area contributed by atoms with Gasteiger partial charge in [-0.3, -0.25) is 33.6 Å². The molecule has 0 radical (unpaired) electrons. The zero-order valence-corrected chi connectivity index (χ0v) is 31.7. The Labute approximate surface area is 320 Å². The highest BCUT2D eigenvalue weighted by Crippen LogP contribution is 2.41. The molecule has 0 amide bonds. The van der Waals surface area contributed by atoms with Gasteiger partial charge in [0.2, 0.25) is 0 Å². The Kier molecular flexibility index (Phi) is 14.4. The van der Waals surface area contributed by atoms with E-state index in [1.54, 1.807) is 0 Å². The van der Waals surface area contributed by atoms with Crippen LogP contribution in [0.3, 0.4) is 0 Å². The molecule has 2 saturated heterocycles. The maximum atomic E-state index is 13.6. The zero-order chi connectivity index (χ0) is 41.6. The second-order valence-corrected chi connectivity index (χ2v) is 13.6. The lowest BCUT2D eigenvalue weighted by molar-refractivity contribution is -0.453. The minimum Gasteiger partial charge on any atom is -0.507 e. The van der Waals surface area contributed by atoms with Crippen molar-refractivity contribution in [2.75, 3.05) is 13.2 Å². The summed E-state index contributed by atoms with van der Waals surface area (Å²) in [7, 11) is 0. The summed E-state index contributed by atoms with van der Waals surface area (Å²) < 4.78 is 39.2. The smallest absolute Gasteiger partial charge is 0.303 e. The Morgan fingerprint density at radius 2 is 1.16 bits per heavy atom. The number of phenols is 2. The SMILES string of the molecule is CC(=O)C[C@@H]1[C@@H](OC(C)=O)[C@H](CC2=CC(=O)c3c(O)ccc(O)c3C2=O)O[C@H](COC(C)=O)[C@H]1OO[C@@H]1O[C@H](COC(C)=O)[C@@H](OC(C)=O)[C@H](OC(C)=O)[C@H]1C. The number of benzene rings is 1. The average Bonchev–Trinajstić information content (AvgIpc) is 3.08. The van der Waals surface area contributed by atoms with Gasteiger partial charge in [-0.1, -0.05) is 6.92 Å². The van der Waals surface area contributed by atoms with E-state index in [0.29, 0.717) is 0 Å². The molecule has 0 spiro atoms. The van der Waals surface area contributed by atoms with Crippen LogP contribution in [0.25, 0.3) is 0 Å². The van der Waals surface area contributed by atoms with Crippen molar-refractivity contribution in [3.05, 3.63) is 34.9 Å². The Morgan fingerprint density at radius 1 is 0.643 bits per heavy atom. The van der Waals surface area contributed by atoms with Crippen molar-refractivity contribution in [2.45, 2.75) is 110 Å². The fourth-order valence-corrected chi connectivity index (χ4v) is 6.86. The summed E-state index contributed by atoms with van der Waals surface area (Å²) in [5, 5.41) is 20.7. The molecule has 0 saturated carbocycles. The standard InChI is InChI=1S/C37H44O19/c1-15(38)10-23-34(51-20(6)42)27(12-22-11-26(46)30-24(44)8-9-25(45)31(30)32(22)47)53-28(13-48-17(3)39)35(23)55-56-37-16(2)33(50-19(5)41)36(52-21(7)43)29(54-37)14-49-18(4)40/h8-9,11,16,23,27-29,33-37,44-45H,10,12-14H2,1-7H3/t16-,23-,27+,28-,29-,33-,34-,35+,36-,37+/m1/s1. The molecule has 0 unspecified atom stereocenters. The number of esters is 5. The number of carbonyl (C=O) groups excluding carboxylic acids is 8. The Bertz CT molecular complexity index is 1770. The molecule has 0 aromatic heterocycles. The minimum atomic E-state index is -1.45. The molecule has 306 valence electrons. The Hall–Kier alpha value is -5.24. The van der Waals surface area contributed by atoms with E-state index in [-0.39, 0.29) is 12.0 Å². The van der Waals surface area contributed by atoms with Gasteiger partial charge in [-0.05, 0) is 25.1 Å². The summed E-state index contributed by atoms with van der Waals surface area (Å²) in [6.07, 6.45) is -10.4. The molecule has 56 heavy (non-hydrogen) atoms. The first-order valence-corrected chi connectivity index (χ1v) is 17.5. The van der Waals surface area contributed by atoms with Crippen molar-refractivity contribution in [3.63, 3.8) is 0 Å². The highest BCUT2D eigenvalue weighted by Gasteiger charge is 2.53. The second-order valence-electron chi connectivity index (χ2n) is 13.6. The van der Waals surface area contributed by atoms with Crippen LogP contribution in [0.15, 0.2) is 23.8 Å². The van der Waals surface area contributed by atoms with E-state index in [9.17, 15) is 48.6 Å². The van der Waals surface area contributed by atoms with E-state index in [1.807, 2.05) is 0 Å². The molecule has 19 heteroatoms. The summed E-state index contributed by atoms with van der Waals surface area (Å²) in [4.78, 5) is 112. The summed E-state index contributed by atoms with van der Waals surface area (Å²) >= 11 is 0. The van der Waals surface area contributed by atoms with Crippen LogP contribution < -0.4 is 0 Å². The van der Waals surface area contributed by atoms with Crippen LogP contribution in [0.4, 0.5) is 0 Å². The lowest BCUT2D eigenvalue weighted by atomic mass is 9.79. The lowest BCUT2D eigenvalue weighted by Crippen LogP contribution is -2.60. The van der Waals surface area contributed by atoms with Gasteiger partial charge in [-0.2, -0.15) is 0 Å². The largest absolute Gasteiger partial charge is 0.507 e. The van der Waals surface area contributed by atoms with Crippen LogP contribution in [0.2, 0.25) is 0 Å². The van der Waals surface area contributed by atoms with E-state index in [4.69, 9.17) is 42.9 Å². The molecule has 4 rings (SSSR count). The summed E-state index contributed by atoms with van der Waals surface area (Å²) in [5.41, 5.74) is -1.05. The summed E-state index contributed by atoms with van der Waals surface area (Å²) in [6, 6.07) is 2.10. The van der Waals surface area contributed by atoms with Crippen molar-refractivity contribution in [1.29, 1.82) is 0 Å². The van der Waals surface area contributed by atoms with Gasteiger partial charge in [0.25, 0.3) is 0 Å². The number of rotatable bonds is 14.